The summed E-state index contributed by atoms with van der Waals surface area (Å²) in [7, 11) is 0. The van der Waals surface area contributed by atoms with Crippen LogP contribution in [0.25, 0.3) is 0 Å². The number of guanidine groups is 1. The monoisotopic (exact) mass is 409 g/mol. The van der Waals surface area contributed by atoms with Crippen molar-refractivity contribution in [2.24, 2.45) is 16.5 Å². The molecule has 0 radical (unpaired) electrons. The van der Waals surface area contributed by atoms with Gasteiger partial charge in [0, 0.05) is 12.7 Å². The van der Waals surface area contributed by atoms with E-state index in [1.54, 1.807) is 0 Å². The number of hydrogen-bond donors (Lipinski definition) is 2. The fourth-order valence-corrected chi connectivity index (χ4v) is 4.13. The van der Waals surface area contributed by atoms with E-state index in [0.717, 1.165) is 18.5 Å². The molecule has 0 aliphatic rings. The molecular weight excluding hydrogens is 382 g/mol. The van der Waals surface area contributed by atoms with Gasteiger partial charge in [0.25, 0.3) is 0 Å². The van der Waals surface area contributed by atoms with Gasteiger partial charge in [0.1, 0.15) is 5.54 Å². The zero-order chi connectivity index (χ0) is 21.5. The maximum atomic E-state index is 5.43. The lowest BCUT2D eigenvalue weighted by Crippen LogP contribution is -2.36. The average molecular weight is 410 g/mol. The fraction of sp³-hybridized carbons (Fsp3) is 0.154. The first-order valence-electron chi connectivity index (χ1n) is 10.5. The molecule has 4 rings (SSSR count). The van der Waals surface area contributed by atoms with Crippen molar-refractivity contribution < 1.29 is 0 Å². The van der Waals surface area contributed by atoms with Crippen LogP contribution in [0.3, 0.4) is 0 Å². The summed E-state index contributed by atoms with van der Waals surface area (Å²) >= 11 is 0. The second-order valence-corrected chi connectivity index (χ2v) is 7.49. The van der Waals surface area contributed by atoms with Gasteiger partial charge in [0.2, 0.25) is 0 Å². The summed E-state index contributed by atoms with van der Waals surface area (Å²) in [5.74, 6) is 0.127. The molecule has 31 heavy (non-hydrogen) atoms. The number of benzene rings is 3. The maximum absolute atomic E-state index is 5.43. The number of nitrogens with two attached hydrogens (primary N) is 2. The minimum Gasteiger partial charge on any atom is -0.370 e. The van der Waals surface area contributed by atoms with Gasteiger partial charge in [-0.25, -0.2) is 4.98 Å². The molecule has 156 valence electrons. The molecule has 4 N–H and O–H groups in total. The van der Waals surface area contributed by atoms with E-state index in [0.29, 0.717) is 6.54 Å². The molecule has 1 heterocycles. The number of hydrogen-bond acceptors (Lipinski definition) is 2. The smallest absolute Gasteiger partial charge is 0.185 e. The molecular formula is C26H27N5. The van der Waals surface area contributed by atoms with Crippen LogP contribution in [0.5, 0.6) is 0 Å². The second-order valence-electron chi connectivity index (χ2n) is 7.49. The minimum atomic E-state index is -0.533. The number of rotatable bonds is 8. The highest BCUT2D eigenvalue weighted by Gasteiger charge is 2.38. The highest BCUT2D eigenvalue weighted by atomic mass is 15.1. The van der Waals surface area contributed by atoms with Gasteiger partial charge >= 0.3 is 0 Å². The summed E-state index contributed by atoms with van der Waals surface area (Å²) in [6, 6.07) is 31.7. The van der Waals surface area contributed by atoms with Gasteiger partial charge in [0.15, 0.2) is 5.96 Å². The number of nitrogens with zero attached hydrogens (tertiary/aromatic N) is 3. The Bertz CT molecular complexity index is 1020. The van der Waals surface area contributed by atoms with Crippen LogP contribution in [0.15, 0.2) is 109 Å². The SMILES string of the molecule is NC(N)=NCCCc1cn(C(c2ccccc2)(c2ccccc2)c2ccccc2)cn1. The molecule has 0 spiro atoms. The first-order valence-corrected chi connectivity index (χ1v) is 10.5. The molecule has 0 saturated heterocycles. The molecule has 5 nitrogen and oxygen atoms in total. The molecule has 0 aliphatic carbocycles. The normalized spacial score (nSPS) is 11.2. The van der Waals surface area contributed by atoms with Crippen molar-refractivity contribution in [2.75, 3.05) is 6.54 Å². The highest BCUT2D eigenvalue weighted by Crippen LogP contribution is 2.40. The van der Waals surface area contributed by atoms with Gasteiger partial charge in [-0.05, 0) is 29.5 Å². The Kier molecular flexibility index (Phi) is 6.13. The van der Waals surface area contributed by atoms with Crippen LogP contribution in [-0.4, -0.2) is 22.1 Å². The Labute approximate surface area is 183 Å². The number of aryl methyl sites for hydroxylation is 1. The zero-order valence-corrected chi connectivity index (χ0v) is 17.4. The van der Waals surface area contributed by atoms with Gasteiger partial charge in [-0.1, -0.05) is 91.0 Å². The first-order chi connectivity index (χ1) is 15.2. The molecule has 5 heteroatoms. The number of aromatic nitrogens is 2. The van der Waals surface area contributed by atoms with Gasteiger partial charge < -0.3 is 16.0 Å². The van der Waals surface area contributed by atoms with Crippen molar-refractivity contribution in [3.05, 3.63) is 126 Å². The first kappa shape index (κ1) is 20.4. The van der Waals surface area contributed by atoms with Crippen LogP contribution in [0, 0.1) is 0 Å². The molecule has 0 aliphatic heterocycles. The summed E-state index contributed by atoms with van der Waals surface area (Å²) in [6.07, 6.45) is 5.72. The Balaban J connectivity index is 1.85. The van der Waals surface area contributed by atoms with Gasteiger partial charge in [-0.2, -0.15) is 0 Å². The Hall–Kier alpha value is -3.86. The van der Waals surface area contributed by atoms with Gasteiger partial charge in [0.05, 0.1) is 12.0 Å². The topological polar surface area (TPSA) is 82.2 Å². The Morgan fingerprint density at radius 2 is 1.26 bits per heavy atom. The molecule has 4 aromatic rings. The van der Waals surface area contributed by atoms with Crippen LogP contribution >= 0.6 is 0 Å². The van der Waals surface area contributed by atoms with Crippen molar-refractivity contribution in [3.8, 4) is 0 Å². The van der Waals surface area contributed by atoms with E-state index in [2.05, 4.69) is 88.6 Å². The summed E-state index contributed by atoms with van der Waals surface area (Å²) in [4.78, 5) is 8.80. The minimum absolute atomic E-state index is 0.127. The summed E-state index contributed by atoms with van der Waals surface area (Å²) < 4.78 is 2.23. The van der Waals surface area contributed by atoms with E-state index in [1.165, 1.54) is 16.7 Å². The van der Waals surface area contributed by atoms with E-state index >= 15 is 0 Å². The van der Waals surface area contributed by atoms with Gasteiger partial charge in [-0.15, -0.1) is 0 Å². The third-order valence-electron chi connectivity index (χ3n) is 5.48. The number of imidazole rings is 1. The summed E-state index contributed by atoms with van der Waals surface area (Å²) in [6.45, 7) is 0.594. The van der Waals surface area contributed by atoms with E-state index < -0.39 is 5.54 Å². The van der Waals surface area contributed by atoms with E-state index in [1.807, 2.05) is 24.5 Å². The molecule has 1 aromatic heterocycles. The lowest BCUT2D eigenvalue weighted by Gasteiger charge is -2.37. The lowest BCUT2D eigenvalue weighted by molar-refractivity contribution is 0.514. The molecule has 0 bridgehead atoms. The van der Waals surface area contributed by atoms with Crippen LogP contribution in [0.1, 0.15) is 28.8 Å². The van der Waals surface area contributed by atoms with Crippen LogP contribution in [-0.2, 0) is 12.0 Å². The van der Waals surface area contributed by atoms with Crippen LogP contribution in [0.4, 0.5) is 0 Å². The highest BCUT2D eigenvalue weighted by molar-refractivity contribution is 5.75. The van der Waals surface area contributed by atoms with Crippen molar-refractivity contribution in [2.45, 2.75) is 18.4 Å². The molecule has 0 unspecified atom stereocenters. The quantitative estimate of drug-likeness (QED) is 0.200. The predicted molar refractivity (Wildman–Crippen MR) is 126 cm³/mol. The molecule has 0 amide bonds. The molecule has 0 fully saturated rings. The standard InChI is InChI=1S/C26H27N5/c27-25(28)29-18-10-17-24-19-31(20-30-24)26(21-11-4-1-5-12-21,22-13-6-2-7-14-22)23-15-8-3-9-16-23/h1-9,11-16,19-20H,10,17-18H2,(H4,27,28,29). The Morgan fingerprint density at radius 3 is 1.71 bits per heavy atom. The molecule has 0 atom stereocenters. The van der Waals surface area contributed by atoms with Crippen LogP contribution < -0.4 is 11.5 Å². The third kappa shape index (κ3) is 4.21. The van der Waals surface area contributed by atoms with E-state index in [9.17, 15) is 0 Å². The molecule has 0 saturated carbocycles. The van der Waals surface area contributed by atoms with E-state index in [4.69, 9.17) is 16.5 Å². The average Bonchev–Trinajstić information content (AvgIpc) is 3.28. The van der Waals surface area contributed by atoms with E-state index in [-0.39, 0.29) is 5.96 Å². The summed E-state index contributed by atoms with van der Waals surface area (Å²) in [5, 5.41) is 0. The third-order valence-corrected chi connectivity index (χ3v) is 5.48. The zero-order valence-electron chi connectivity index (χ0n) is 17.4. The van der Waals surface area contributed by atoms with Crippen molar-refractivity contribution in [1.29, 1.82) is 0 Å². The van der Waals surface area contributed by atoms with Crippen molar-refractivity contribution in [1.82, 2.24) is 9.55 Å². The number of aliphatic imine (C=N–C) groups is 1. The Morgan fingerprint density at radius 1 is 0.774 bits per heavy atom. The fourth-order valence-electron chi connectivity index (χ4n) is 4.13. The molecule has 3 aromatic carbocycles. The maximum Gasteiger partial charge on any atom is 0.185 e. The van der Waals surface area contributed by atoms with Gasteiger partial charge in [-0.3, -0.25) is 4.99 Å². The second kappa shape index (κ2) is 9.30. The lowest BCUT2D eigenvalue weighted by atomic mass is 9.77. The predicted octanol–water partition coefficient (Wildman–Crippen LogP) is 3.93. The van der Waals surface area contributed by atoms with Crippen LogP contribution in [0.2, 0.25) is 0 Å². The van der Waals surface area contributed by atoms with Crippen molar-refractivity contribution in [3.63, 3.8) is 0 Å². The summed E-state index contributed by atoms with van der Waals surface area (Å²) in [5.41, 5.74) is 14.9. The largest absolute Gasteiger partial charge is 0.370 e. The van der Waals surface area contributed by atoms with Crippen molar-refractivity contribution >= 4 is 5.96 Å².